The van der Waals surface area contributed by atoms with Gasteiger partial charge in [-0.2, -0.15) is 0 Å². The molecule has 430 valence electrons. The quantitative estimate of drug-likeness (QED) is 0.0841. The Morgan fingerprint density at radius 1 is 0.244 bits per heavy atom. The largest absolute Gasteiger partial charge is 0.508 e. The molecule has 0 aliphatic carbocycles. The molecule has 0 amide bonds. The van der Waals surface area contributed by atoms with Gasteiger partial charge in [0, 0.05) is 34.1 Å². The minimum atomic E-state index is 0.213. The number of rotatable bonds is 18. The summed E-state index contributed by atoms with van der Waals surface area (Å²) in [4.78, 5) is 4.42. The molecule has 0 radical (unpaired) electrons. The lowest BCUT2D eigenvalue weighted by atomic mass is 9.89. The first-order valence-electron chi connectivity index (χ1n) is 30.2. The Bertz CT molecular complexity index is 4270. The molecule has 4 nitrogen and oxygen atoms in total. The predicted molar refractivity (Wildman–Crippen MR) is 379 cm³/mol. The van der Waals surface area contributed by atoms with Gasteiger partial charge in [0.15, 0.2) is 0 Å². The maximum Gasteiger partial charge on any atom is 0.115 e. The summed E-state index contributed by atoms with van der Waals surface area (Å²) in [7, 11) is 0. The molecule has 0 aliphatic rings. The smallest absolute Gasteiger partial charge is 0.115 e. The normalized spacial score (nSPS) is 10.8. The second-order valence-electron chi connectivity index (χ2n) is 22.2. The molecule has 90 heavy (non-hydrogen) atoms. The third-order valence-corrected chi connectivity index (χ3v) is 16.4. The molecular weight excluding hydrogens is 1090 g/mol. The van der Waals surface area contributed by atoms with Crippen LogP contribution in [-0.2, 0) is 0 Å². The lowest BCUT2D eigenvalue weighted by Crippen LogP contribution is -2.09. The van der Waals surface area contributed by atoms with E-state index in [-0.39, 0.29) is 11.5 Å². The predicted octanol–water partition coefficient (Wildman–Crippen LogP) is 22.7. The molecule has 0 aromatic heterocycles. The lowest BCUT2D eigenvalue weighted by molar-refractivity contribution is 0.475. The van der Waals surface area contributed by atoms with Gasteiger partial charge >= 0.3 is 0 Å². The number of benzene rings is 13. The second kappa shape index (κ2) is 26.3. The van der Waals surface area contributed by atoms with Gasteiger partial charge in [-0.25, -0.2) is 0 Å². The van der Waals surface area contributed by atoms with Crippen molar-refractivity contribution in [1.29, 1.82) is 0 Å². The molecule has 2 N–H and O–H groups in total. The van der Waals surface area contributed by atoms with Gasteiger partial charge in [0.2, 0.25) is 0 Å². The van der Waals surface area contributed by atoms with Crippen molar-refractivity contribution in [1.82, 2.24) is 0 Å². The van der Waals surface area contributed by atoms with Crippen molar-refractivity contribution in [3.05, 3.63) is 409 Å². The molecular formula is C86H64N2O2. The Hall–Kier alpha value is -12.0. The van der Waals surface area contributed by atoms with E-state index in [2.05, 4.69) is 302 Å². The molecule has 0 aliphatic heterocycles. The highest BCUT2D eigenvalue weighted by Gasteiger charge is 2.19. The van der Waals surface area contributed by atoms with Crippen LogP contribution in [0.1, 0.15) is 55.6 Å². The molecule has 13 aromatic carbocycles. The zero-order valence-electron chi connectivity index (χ0n) is 49.7. The number of phenols is 2. The van der Waals surface area contributed by atoms with Gasteiger partial charge in [0.05, 0.1) is 0 Å². The fraction of sp³-hybridized carbons (Fsp3) is 0. The molecule has 0 fully saturated rings. The molecule has 4 heteroatoms. The Labute approximate surface area is 527 Å². The average Bonchev–Trinajstić information content (AvgIpc) is 1.29. The van der Waals surface area contributed by atoms with Crippen LogP contribution in [0.15, 0.2) is 353 Å². The standard InChI is InChI=1S/C86H64N2O2/c1-61(81-27-15-17-29-83(81)71-39-47-75(48-40-71)87(77-51-55-79(89)56-52-77)73-43-31-63(32-44-73)59-85(67-19-7-3-8-20-67)68-21-9-4-10-22-68)65-35-37-66(38-36-65)62(2)82-28-16-18-30-84(82)72-41-49-76(50-42-72)88(78-53-57-80(90)58-54-78)74-45-33-64(34-46-74)60-86(69-23-11-5-12-24-69)70-25-13-6-14-26-70/h3-60,89-90H,1-2H2. The van der Waals surface area contributed by atoms with Gasteiger partial charge in [-0.3, -0.25) is 0 Å². The van der Waals surface area contributed by atoms with Crippen LogP contribution in [0.5, 0.6) is 11.5 Å². The summed E-state index contributed by atoms with van der Waals surface area (Å²) in [6.45, 7) is 9.37. The summed E-state index contributed by atoms with van der Waals surface area (Å²) in [6, 6.07) is 117. The molecule has 0 saturated carbocycles. The van der Waals surface area contributed by atoms with E-state index < -0.39 is 0 Å². The minimum Gasteiger partial charge on any atom is -0.508 e. The average molecular weight is 1160 g/mol. The van der Waals surface area contributed by atoms with Gasteiger partial charge in [0.25, 0.3) is 0 Å². The van der Waals surface area contributed by atoms with Gasteiger partial charge in [-0.05, 0) is 209 Å². The number of hydrogen-bond donors (Lipinski definition) is 2. The maximum atomic E-state index is 10.3. The summed E-state index contributed by atoms with van der Waals surface area (Å²) >= 11 is 0. The number of aromatic hydroxyl groups is 2. The topological polar surface area (TPSA) is 46.9 Å². The van der Waals surface area contributed by atoms with Crippen molar-refractivity contribution >= 4 is 68.6 Å². The van der Waals surface area contributed by atoms with Crippen LogP contribution >= 0.6 is 0 Å². The molecule has 0 heterocycles. The molecule has 13 aromatic rings. The van der Waals surface area contributed by atoms with E-state index in [0.717, 1.165) is 134 Å². The van der Waals surface area contributed by atoms with E-state index in [1.165, 1.54) is 0 Å². The maximum absolute atomic E-state index is 10.3. The summed E-state index contributed by atoms with van der Waals surface area (Å²) in [5.41, 5.74) is 25.2. The highest BCUT2D eigenvalue weighted by Crippen LogP contribution is 2.42. The number of nitrogens with zero attached hydrogens (tertiary/aromatic N) is 2. The third-order valence-electron chi connectivity index (χ3n) is 16.4. The van der Waals surface area contributed by atoms with Crippen molar-refractivity contribution in [2.24, 2.45) is 0 Å². The lowest BCUT2D eigenvalue weighted by Gasteiger charge is -2.26. The summed E-state index contributed by atoms with van der Waals surface area (Å²) < 4.78 is 0. The summed E-state index contributed by atoms with van der Waals surface area (Å²) in [5, 5.41) is 20.7. The van der Waals surface area contributed by atoms with Crippen molar-refractivity contribution < 1.29 is 10.2 Å². The van der Waals surface area contributed by atoms with E-state index in [9.17, 15) is 10.2 Å². The third kappa shape index (κ3) is 12.6. The number of anilines is 6. The van der Waals surface area contributed by atoms with Crippen molar-refractivity contribution in [3.63, 3.8) is 0 Å². The Balaban J connectivity index is 0.733. The Kier molecular flexibility index (Phi) is 16.7. The van der Waals surface area contributed by atoms with Crippen LogP contribution in [-0.4, -0.2) is 10.2 Å². The molecule has 0 unspecified atom stereocenters. The van der Waals surface area contributed by atoms with Gasteiger partial charge in [-0.15, -0.1) is 0 Å². The molecule has 0 saturated heterocycles. The zero-order valence-corrected chi connectivity index (χ0v) is 49.7. The second-order valence-corrected chi connectivity index (χ2v) is 22.2. The molecule has 0 bridgehead atoms. The van der Waals surface area contributed by atoms with Crippen molar-refractivity contribution in [3.8, 4) is 33.8 Å². The van der Waals surface area contributed by atoms with E-state index in [1.807, 2.05) is 48.5 Å². The molecule has 0 spiro atoms. The monoisotopic (exact) mass is 1160 g/mol. The first kappa shape index (κ1) is 57.1. The number of hydrogen-bond acceptors (Lipinski definition) is 4. The van der Waals surface area contributed by atoms with E-state index in [4.69, 9.17) is 0 Å². The van der Waals surface area contributed by atoms with Gasteiger partial charge in [-0.1, -0.05) is 256 Å². The fourth-order valence-corrected chi connectivity index (χ4v) is 11.8. The first-order chi connectivity index (χ1) is 44.3. The van der Waals surface area contributed by atoms with E-state index >= 15 is 0 Å². The fourth-order valence-electron chi connectivity index (χ4n) is 11.8. The molecule has 0 atom stereocenters. The zero-order chi connectivity index (χ0) is 61.2. The van der Waals surface area contributed by atoms with E-state index in [0.29, 0.717) is 0 Å². The Morgan fingerprint density at radius 2 is 0.489 bits per heavy atom. The van der Waals surface area contributed by atoms with Crippen molar-refractivity contribution in [2.75, 3.05) is 9.80 Å². The van der Waals surface area contributed by atoms with Crippen LogP contribution in [0.2, 0.25) is 0 Å². The highest BCUT2D eigenvalue weighted by atomic mass is 16.3. The van der Waals surface area contributed by atoms with Crippen LogP contribution in [0, 0.1) is 0 Å². The summed E-state index contributed by atoms with van der Waals surface area (Å²) in [5.74, 6) is 0.426. The summed E-state index contributed by atoms with van der Waals surface area (Å²) in [6.07, 6.45) is 4.49. The highest BCUT2D eigenvalue weighted by molar-refractivity contribution is 5.95. The minimum absolute atomic E-state index is 0.213. The van der Waals surface area contributed by atoms with Crippen LogP contribution in [0.25, 0.3) is 56.7 Å². The van der Waals surface area contributed by atoms with Crippen molar-refractivity contribution in [2.45, 2.75) is 0 Å². The van der Waals surface area contributed by atoms with Crippen LogP contribution in [0.3, 0.4) is 0 Å². The first-order valence-corrected chi connectivity index (χ1v) is 30.2. The van der Waals surface area contributed by atoms with Crippen LogP contribution in [0.4, 0.5) is 34.1 Å². The number of phenolic OH excluding ortho intramolecular Hbond substituents is 2. The Morgan fingerprint density at radius 3 is 0.778 bits per heavy atom. The van der Waals surface area contributed by atoms with Gasteiger partial charge in [0.1, 0.15) is 11.5 Å². The van der Waals surface area contributed by atoms with Gasteiger partial charge < -0.3 is 20.0 Å². The van der Waals surface area contributed by atoms with Crippen LogP contribution < -0.4 is 9.80 Å². The molecule has 13 rings (SSSR count). The SMILES string of the molecule is C=C(c1ccc(C(=C)c2ccccc2-c2ccc(N(c3ccc(O)cc3)c3ccc(C=C(c4ccccc4)c4ccccc4)cc3)cc2)cc1)c1ccccc1-c1ccc(N(c2ccc(O)cc2)c2ccc(C=C(c3ccccc3)c3ccccc3)cc2)cc1. The van der Waals surface area contributed by atoms with E-state index in [1.54, 1.807) is 24.3 Å².